The minimum absolute atomic E-state index is 0.0238. The molecule has 24 heavy (non-hydrogen) atoms. The normalized spacial score (nSPS) is 22.0. The third-order valence-electron chi connectivity index (χ3n) is 5.24. The number of carbonyl (C=O) groups excluding carboxylic acids is 3. The fourth-order valence-electron chi connectivity index (χ4n) is 3.37. The van der Waals surface area contributed by atoms with Gasteiger partial charge < -0.3 is 10.2 Å². The van der Waals surface area contributed by atoms with E-state index in [4.69, 9.17) is 0 Å². The van der Waals surface area contributed by atoms with Crippen molar-refractivity contribution in [3.05, 3.63) is 35.9 Å². The molecule has 0 aromatic heterocycles. The van der Waals surface area contributed by atoms with E-state index in [1.807, 2.05) is 18.2 Å². The van der Waals surface area contributed by atoms with Gasteiger partial charge in [-0.1, -0.05) is 30.3 Å². The van der Waals surface area contributed by atoms with Gasteiger partial charge in [0, 0.05) is 18.0 Å². The first-order valence-electron chi connectivity index (χ1n) is 8.52. The summed E-state index contributed by atoms with van der Waals surface area (Å²) in [6.07, 6.45) is 4.01. The molecular formula is C18H21N3O3. The van der Waals surface area contributed by atoms with Crippen LogP contribution in [0.25, 0.3) is 0 Å². The van der Waals surface area contributed by atoms with Gasteiger partial charge in [0.25, 0.3) is 5.91 Å². The Bertz CT molecular complexity index is 680. The van der Waals surface area contributed by atoms with Gasteiger partial charge in [-0.2, -0.15) is 0 Å². The molecule has 6 heteroatoms. The van der Waals surface area contributed by atoms with Crippen molar-refractivity contribution >= 4 is 17.8 Å². The molecule has 0 bridgehead atoms. The number of imide groups is 1. The summed E-state index contributed by atoms with van der Waals surface area (Å²) in [4.78, 5) is 39.1. The van der Waals surface area contributed by atoms with Crippen molar-refractivity contribution in [2.45, 2.75) is 37.1 Å². The second-order valence-corrected chi connectivity index (χ2v) is 7.04. The molecule has 2 saturated carbocycles. The van der Waals surface area contributed by atoms with Gasteiger partial charge in [0.15, 0.2) is 0 Å². The van der Waals surface area contributed by atoms with Crippen molar-refractivity contribution in [1.29, 1.82) is 0 Å². The van der Waals surface area contributed by atoms with Crippen molar-refractivity contribution in [2.24, 2.45) is 0 Å². The highest BCUT2D eigenvalue weighted by molar-refractivity contribution is 6.04. The molecule has 4 rings (SSSR count). The average molecular weight is 327 g/mol. The summed E-state index contributed by atoms with van der Waals surface area (Å²) in [5.74, 6) is -0.539. The first kappa shape index (κ1) is 15.2. The highest BCUT2D eigenvalue weighted by atomic mass is 16.2. The van der Waals surface area contributed by atoms with E-state index in [2.05, 4.69) is 17.4 Å². The minimum atomic E-state index is -0.318. The third kappa shape index (κ3) is 2.77. The number of urea groups is 1. The SMILES string of the molecule is O=C(CN1C(=O)CN(C2CC2)C1=O)NCC1(c2ccccc2)CC1. The van der Waals surface area contributed by atoms with E-state index >= 15 is 0 Å². The predicted octanol–water partition coefficient (Wildman–Crippen LogP) is 1.26. The van der Waals surface area contributed by atoms with Crippen molar-refractivity contribution in [3.8, 4) is 0 Å². The quantitative estimate of drug-likeness (QED) is 0.800. The molecule has 1 aromatic rings. The van der Waals surface area contributed by atoms with Crippen LogP contribution in [0.15, 0.2) is 30.3 Å². The summed E-state index contributed by atoms with van der Waals surface area (Å²) in [5, 5.41) is 2.91. The molecule has 1 N–H and O–H groups in total. The van der Waals surface area contributed by atoms with E-state index in [9.17, 15) is 14.4 Å². The molecule has 1 heterocycles. The first-order valence-corrected chi connectivity index (χ1v) is 8.52. The molecule has 0 unspecified atom stereocenters. The van der Waals surface area contributed by atoms with Gasteiger partial charge in [-0.25, -0.2) is 4.79 Å². The highest BCUT2D eigenvalue weighted by Gasteiger charge is 2.46. The number of benzene rings is 1. The first-order chi connectivity index (χ1) is 11.6. The summed E-state index contributed by atoms with van der Waals surface area (Å²) < 4.78 is 0. The molecule has 0 atom stereocenters. The highest BCUT2D eigenvalue weighted by Crippen LogP contribution is 2.47. The fourth-order valence-corrected chi connectivity index (χ4v) is 3.37. The van der Waals surface area contributed by atoms with Crippen LogP contribution in [-0.4, -0.2) is 53.3 Å². The second kappa shape index (κ2) is 5.61. The van der Waals surface area contributed by atoms with Crippen molar-refractivity contribution in [2.75, 3.05) is 19.6 Å². The fraction of sp³-hybridized carbons (Fsp3) is 0.500. The summed E-state index contributed by atoms with van der Waals surface area (Å²) in [5.41, 5.74) is 1.26. The molecule has 1 aromatic carbocycles. The van der Waals surface area contributed by atoms with Gasteiger partial charge in [0.05, 0.1) is 0 Å². The topological polar surface area (TPSA) is 69.7 Å². The largest absolute Gasteiger partial charge is 0.354 e. The average Bonchev–Trinajstić information content (AvgIpc) is 3.50. The lowest BCUT2D eigenvalue weighted by atomic mass is 9.96. The van der Waals surface area contributed by atoms with Crippen LogP contribution >= 0.6 is 0 Å². The van der Waals surface area contributed by atoms with Crippen LogP contribution in [0.3, 0.4) is 0 Å². The predicted molar refractivity (Wildman–Crippen MR) is 87.2 cm³/mol. The molecule has 3 fully saturated rings. The van der Waals surface area contributed by atoms with Crippen molar-refractivity contribution in [3.63, 3.8) is 0 Å². The molecular weight excluding hydrogens is 306 g/mol. The number of carbonyl (C=O) groups is 3. The van der Waals surface area contributed by atoms with Crippen LogP contribution in [0.5, 0.6) is 0 Å². The number of nitrogens with one attached hydrogen (secondary N) is 1. The smallest absolute Gasteiger partial charge is 0.327 e. The zero-order valence-corrected chi connectivity index (χ0v) is 13.5. The number of hydrogen-bond acceptors (Lipinski definition) is 3. The maximum absolute atomic E-state index is 12.2. The second-order valence-electron chi connectivity index (χ2n) is 7.04. The van der Waals surface area contributed by atoms with Crippen LogP contribution in [0.4, 0.5) is 4.79 Å². The van der Waals surface area contributed by atoms with E-state index in [1.54, 1.807) is 4.90 Å². The maximum atomic E-state index is 12.2. The Balaban J connectivity index is 1.33. The van der Waals surface area contributed by atoms with Crippen LogP contribution in [-0.2, 0) is 15.0 Å². The van der Waals surface area contributed by atoms with Crippen LogP contribution in [0.2, 0.25) is 0 Å². The molecule has 0 spiro atoms. The van der Waals surface area contributed by atoms with E-state index in [0.717, 1.165) is 30.6 Å². The van der Waals surface area contributed by atoms with Gasteiger partial charge in [0.2, 0.25) is 5.91 Å². The van der Waals surface area contributed by atoms with E-state index in [1.165, 1.54) is 5.56 Å². The Labute approximate surface area is 140 Å². The monoisotopic (exact) mass is 327 g/mol. The van der Waals surface area contributed by atoms with Gasteiger partial charge in [-0.05, 0) is 31.2 Å². The Morgan fingerprint density at radius 3 is 2.50 bits per heavy atom. The van der Waals surface area contributed by atoms with E-state index in [0.29, 0.717) is 6.54 Å². The lowest BCUT2D eigenvalue weighted by Gasteiger charge is -2.19. The van der Waals surface area contributed by atoms with Crippen LogP contribution in [0, 0.1) is 0 Å². The van der Waals surface area contributed by atoms with Crippen LogP contribution in [0.1, 0.15) is 31.2 Å². The summed E-state index contributed by atoms with van der Waals surface area (Å²) >= 11 is 0. The van der Waals surface area contributed by atoms with Gasteiger partial charge in [-0.15, -0.1) is 0 Å². The van der Waals surface area contributed by atoms with Crippen molar-refractivity contribution < 1.29 is 14.4 Å². The lowest BCUT2D eigenvalue weighted by molar-refractivity contribution is -0.130. The van der Waals surface area contributed by atoms with Gasteiger partial charge in [0.1, 0.15) is 13.1 Å². The third-order valence-corrected chi connectivity index (χ3v) is 5.24. The standard InChI is InChI=1S/C18H21N3O3/c22-15(10-21-16(23)11-20(17(21)24)14-6-7-14)19-12-18(8-9-18)13-4-2-1-3-5-13/h1-5,14H,6-12H2,(H,19,22). The number of nitrogens with zero attached hydrogens (tertiary/aromatic N) is 2. The summed E-state index contributed by atoms with van der Waals surface area (Å²) in [6, 6.07) is 10.0. The van der Waals surface area contributed by atoms with Crippen LogP contribution < -0.4 is 5.32 Å². The molecule has 1 aliphatic heterocycles. The lowest BCUT2D eigenvalue weighted by Crippen LogP contribution is -2.43. The van der Waals surface area contributed by atoms with Gasteiger partial charge in [-0.3, -0.25) is 14.5 Å². The van der Waals surface area contributed by atoms with Gasteiger partial charge >= 0.3 is 6.03 Å². The van der Waals surface area contributed by atoms with E-state index in [-0.39, 0.29) is 42.4 Å². The number of rotatable bonds is 6. The Kier molecular flexibility index (Phi) is 3.55. The Morgan fingerprint density at radius 2 is 1.88 bits per heavy atom. The number of hydrogen-bond donors (Lipinski definition) is 1. The molecule has 6 nitrogen and oxygen atoms in total. The Hall–Kier alpha value is -2.37. The zero-order valence-electron chi connectivity index (χ0n) is 13.5. The molecule has 1 saturated heterocycles. The Morgan fingerprint density at radius 1 is 1.17 bits per heavy atom. The molecule has 2 aliphatic carbocycles. The molecule has 0 radical (unpaired) electrons. The summed E-state index contributed by atoms with van der Waals surface area (Å²) in [6.45, 7) is 0.495. The van der Waals surface area contributed by atoms with Crippen molar-refractivity contribution in [1.82, 2.24) is 15.1 Å². The number of amides is 4. The molecule has 4 amide bonds. The van der Waals surface area contributed by atoms with E-state index < -0.39 is 0 Å². The maximum Gasteiger partial charge on any atom is 0.327 e. The minimum Gasteiger partial charge on any atom is -0.354 e. The molecule has 3 aliphatic rings. The molecule has 126 valence electrons. The summed E-state index contributed by atoms with van der Waals surface area (Å²) in [7, 11) is 0. The zero-order chi connectivity index (χ0) is 16.7.